The predicted molar refractivity (Wildman–Crippen MR) is 132 cm³/mol. The van der Waals surface area contributed by atoms with Crippen molar-refractivity contribution in [2.75, 3.05) is 30.4 Å². The molecule has 1 saturated heterocycles. The lowest BCUT2D eigenvalue weighted by Gasteiger charge is -2.29. The van der Waals surface area contributed by atoms with E-state index in [1.807, 2.05) is 0 Å². The summed E-state index contributed by atoms with van der Waals surface area (Å²) in [6.45, 7) is 2.46. The third-order valence-corrected chi connectivity index (χ3v) is 6.48. The average Bonchev–Trinajstić information content (AvgIpc) is 3.49. The fourth-order valence-corrected chi connectivity index (χ4v) is 4.52. The molecule has 216 valence electrons. The van der Waals surface area contributed by atoms with Crippen molar-refractivity contribution in [3.8, 4) is 11.3 Å². The number of anilines is 2. The van der Waals surface area contributed by atoms with E-state index < -0.39 is 47.9 Å². The summed E-state index contributed by atoms with van der Waals surface area (Å²) < 4.78 is 85.4. The van der Waals surface area contributed by atoms with Gasteiger partial charge in [0.15, 0.2) is 5.69 Å². The molecule has 4 rings (SSSR count). The molecule has 3 aromatic heterocycles. The second-order valence-corrected chi connectivity index (χ2v) is 9.93. The van der Waals surface area contributed by atoms with Crippen LogP contribution in [0.3, 0.4) is 0 Å². The molecule has 40 heavy (non-hydrogen) atoms. The zero-order valence-corrected chi connectivity index (χ0v) is 21.6. The number of carbonyl (C=O) groups excluding carboxylic acids is 1. The molecular weight excluding hydrogens is 546 g/mol. The van der Waals surface area contributed by atoms with Crippen molar-refractivity contribution >= 4 is 17.3 Å². The Kier molecular flexibility index (Phi) is 7.82. The fraction of sp³-hybridized carbons (Fsp3) is 0.440. The number of aliphatic hydroxyl groups is 1. The van der Waals surface area contributed by atoms with Crippen LogP contribution in [0.5, 0.6) is 0 Å². The molecule has 9 nitrogen and oxygen atoms in total. The average molecular weight is 573 g/mol. The minimum Gasteiger partial charge on any atom is -0.390 e. The Morgan fingerprint density at radius 1 is 1.15 bits per heavy atom. The smallest absolute Gasteiger partial charge is 0.390 e. The molecular formula is C25H26F6N6O3. The van der Waals surface area contributed by atoms with Crippen molar-refractivity contribution in [1.82, 2.24) is 19.7 Å². The van der Waals surface area contributed by atoms with E-state index in [1.54, 1.807) is 18.7 Å². The van der Waals surface area contributed by atoms with E-state index in [-0.39, 0.29) is 41.6 Å². The lowest BCUT2D eigenvalue weighted by molar-refractivity contribution is -0.142. The van der Waals surface area contributed by atoms with Crippen LogP contribution in [0.2, 0.25) is 0 Å². The molecule has 1 aliphatic heterocycles. The van der Waals surface area contributed by atoms with Gasteiger partial charge in [0.05, 0.1) is 41.2 Å². The molecule has 0 bridgehead atoms. The van der Waals surface area contributed by atoms with E-state index in [0.29, 0.717) is 4.68 Å². The standard InChI is InChI=1S/C25H26F6N6O3/c1-23(2,39)16-11-36(12-20(16)40-3)15-7-19(21(32-9-15)25(29,30)31)35-22(38)18-6-4-5-17(34-18)14-8-33-37(10-14)13-24(26,27)28/h4-10,16,20,39H,11-13H2,1-3H3,(H,35,38)/t16-,20-/m1/s1. The Morgan fingerprint density at radius 2 is 1.88 bits per heavy atom. The Morgan fingerprint density at radius 3 is 2.48 bits per heavy atom. The number of alkyl halides is 6. The zero-order chi connectivity index (χ0) is 29.5. The first-order valence-corrected chi connectivity index (χ1v) is 12.0. The minimum atomic E-state index is -4.89. The number of carbonyl (C=O) groups is 1. The lowest BCUT2D eigenvalue weighted by atomic mass is 9.88. The van der Waals surface area contributed by atoms with Gasteiger partial charge in [-0.15, -0.1) is 0 Å². The van der Waals surface area contributed by atoms with Crippen LogP contribution in [0.4, 0.5) is 37.7 Å². The van der Waals surface area contributed by atoms with Crippen LogP contribution in [0.1, 0.15) is 30.0 Å². The number of pyridine rings is 2. The molecule has 4 heterocycles. The van der Waals surface area contributed by atoms with Gasteiger partial charge in [0.25, 0.3) is 5.91 Å². The number of amides is 1. The van der Waals surface area contributed by atoms with Crippen molar-refractivity contribution in [2.45, 2.75) is 44.4 Å². The molecule has 2 N–H and O–H groups in total. The molecule has 0 unspecified atom stereocenters. The van der Waals surface area contributed by atoms with Crippen LogP contribution in [0, 0.1) is 5.92 Å². The SMILES string of the molecule is CO[C@@H]1CN(c2cnc(C(F)(F)F)c(NC(=O)c3cccc(-c4cnn(CC(F)(F)F)c4)n3)c2)C[C@H]1C(C)(C)O. The molecule has 1 amide bonds. The number of ether oxygens (including phenoxy) is 1. The first kappa shape index (κ1) is 29.3. The quantitative estimate of drug-likeness (QED) is 0.405. The molecule has 1 aliphatic rings. The number of nitrogens with zero attached hydrogens (tertiary/aromatic N) is 5. The minimum absolute atomic E-state index is 0.101. The first-order valence-electron chi connectivity index (χ1n) is 12.0. The van der Waals surface area contributed by atoms with Crippen LogP contribution >= 0.6 is 0 Å². The van der Waals surface area contributed by atoms with Gasteiger partial charge < -0.3 is 20.1 Å². The van der Waals surface area contributed by atoms with E-state index in [9.17, 15) is 36.2 Å². The van der Waals surface area contributed by atoms with Crippen LogP contribution < -0.4 is 10.2 Å². The van der Waals surface area contributed by atoms with Crippen molar-refractivity contribution in [3.63, 3.8) is 0 Å². The molecule has 0 spiro atoms. The van der Waals surface area contributed by atoms with E-state index in [4.69, 9.17) is 4.74 Å². The van der Waals surface area contributed by atoms with Gasteiger partial charge in [-0.3, -0.25) is 9.48 Å². The summed E-state index contributed by atoms with van der Waals surface area (Å²) in [4.78, 5) is 22.3. The Labute approximate surface area is 224 Å². The van der Waals surface area contributed by atoms with Gasteiger partial charge >= 0.3 is 12.4 Å². The zero-order valence-electron chi connectivity index (χ0n) is 21.6. The van der Waals surface area contributed by atoms with E-state index >= 15 is 0 Å². The van der Waals surface area contributed by atoms with Crippen molar-refractivity contribution < 1.29 is 41.0 Å². The topological polar surface area (TPSA) is 105 Å². The highest BCUT2D eigenvalue weighted by Crippen LogP contribution is 2.38. The molecule has 0 aromatic carbocycles. The second-order valence-electron chi connectivity index (χ2n) is 9.93. The summed E-state index contributed by atoms with van der Waals surface area (Å²) in [5.41, 5.74) is -2.77. The number of hydrogen-bond acceptors (Lipinski definition) is 7. The summed E-state index contributed by atoms with van der Waals surface area (Å²) in [6, 6.07) is 5.20. The van der Waals surface area contributed by atoms with Gasteiger partial charge in [0.1, 0.15) is 12.2 Å². The fourth-order valence-electron chi connectivity index (χ4n) is 4.52. The third-order valence-electron chi connectivity index (χ3n) is 6.48. The number of hydrogen-bond donors (Lipinski definition) is 2. The monoisotopic (exact) mass is 572 g/mol. The van der Waals surface area contributed by atoms with Gasteiger partial charge in [0, 0.05) is 37.9 Å². The normalized spacial score (nSPS) is 18.3. The number of methoxy groups -OCH3 is 1. The molecule has 0 radical (unpaired) electrons. The lowest BCUT2D eigenvalue weighted by Crippen LogP contribution is -2.39. The van der Waals surface area contributed by atoms with Crippen LogP contribution in [-0.2, 0) is 17.5 Å². The Balaban J connectivity index is 1.60. The maximum absolute atomic E-state index is 13.8. The number of nitrogens with one attached hydrogen (secondary N) is 1. The van der Waals surface area contributed by atoms with Crippen molar-refractivity contribution in [3.05, 3.63) is 54.2 Å². The molecule has 0 saturated carbocycles. The molecule has 2 atom stereocenters. The van der Waals surface area contributed by atoms with Gasteiger partial charge in [0.2, 0.25) is 0 Å². The van der Waals surface area contributed by atoms with Gasteiger partial charge in [-0.1, -0.05) is 6.07 Å². The van der Waals surface area contributed by atoms with E-state index in [0.717, 1.165) is 24.7 Å². The number of rotatable bonds is 7. The van der Waals surface area contributed by atoms with Gasteiger partial charge in [-0.05, 0) is 32.0 Å². The van der Waals surface area contributed by atoms with E-state index in [2.05, 4.69) is 20.4 Å². The number of aromatic nitrogens is 4. The maximum atomic E-state index is 13.8. The van der Waals surface area contributed by atoms with E-state index in [1.165, 1.54) is 25.3 Å². The molecule has 3 aromatic rings. The molecule has 15 heteroatoms. The highest BCUT2D eigenvalue weighted by atomic mass is 19.4. The van der Waals surface area contributed by atoms with Crippen LogP contribution in [-0.4, -0.2) is 68.8 Å². The van der Waals surface area contributed by atoms with Crippen molar-refractivity contribution in [2.24, 2.45) is 5.92 Å². The summed E-state index contributed by atoms with van der Waals surface area (Å²) in [6.07, 6.45) is -6.51. The van der Waals surface area contributed by atoms with Crippen molar-refractivity contribution in [1.29, 1.82) is 0 Å². The summed E-state index contributed by atoms with van der Waals surface area (Å²) in [5, 5.41) is 16.3. The first-order chi connectivity index (χ1) is 18.5. The second kappa shape index (κ2) is 10.7. The molecule has 1 fully saturated rings. The maximum Gasteiger partial charge on any atom is 0.435 e. The Bertz CT molecular complexity index is 1370. The third kappa shape index (κ3) is 6.70. The van der Waals surface area contributed by atoms with Gasteiger partial charge in [-0.2, -0.15) is 31.4 Å². The molecule has 0 aliphatic carbocycles. The summed E-state index contributed by atoms with van der Waals surface area (Å²) in [7, 11) is 1.48. The highest BCUT2D eigenvalue weighted by Gasteiger charge is 2.43. The highest BCUT2D eigenvalue weighted by molar-refractivity contribution is 6.03. The predicted octanol–water partition coefficient (Wildman–Crippen LogP) is 4.40. The Hall–Kier alpha value is -3.72. The summed E-state index contributed by atoms with van der Waals surface area (Å²) >= 11 is 0. The number of halogens is 6. The van der Waals surface area contributed by atoms with Crippen LogP contribution in [0.15, 0.2) is 42.9 Å². The largest absolute Gasteiger partial charge is 0.435 e. The van der Waals surface area contributed by atoms with Gasteiger partial charge in [-0.25, -0.2) is 9.97 Å². The summed E-state index contributed by atoms with van der Waals surface area (Å²) in [5.74, 6) is -1.33. The van der Waals surface area contributed by atoms with Crippen LogP contribution in [0.25, 0.3) is 11.3 Å².